The van der Waals surface area contributed by atoms with Gasteiger partial charge < -0.3 is 9.80 Å². The van der Waals surface area contributed by atoms with E-state index in [1.165, 1.54) is 6.07 Å². The van der Waals surface area contributed by atoms with Crippen molar-refractivity contribution >= 4 is 11.8 Å². The zero-order chi connectivity index (χ0) is 23.7. The van der Waals surface area contributed by atoms with Gasteiger partial charge in [-0.1, -0.05) is 26.8 Å². The first-order valence-electron chi connectivity index (χ1n) is 11.9. The maximum Gasteiger partial charge on any atom is 0.274 e. The lowest BCUT2D eigenvalue weighted by atomic mass is 9.85. The van der Waals surface area contributed by atoms with Gasteiger partial charge in [0.25, 0.3) is 5.91 Å². The van der Waals surface area contributed by atoms with Gasteiger partial charge in [-0.3, -0.25) is 14.7 Å². The molecule has 1 N–H and O–H groups in total. The lowest BCUT2D eigenvalue weighted by Gasteiger charge is -2.33. The second-order valence-electron chi connectivity index (χ2n) is 9.54. The summed E-state index contributed by atoms with van der Waals surface area (Å²) < 4.78 is 27.9. The first kappa shape index (κ1) is 23.4. The first-order chi connectivity index (χ1) is 15.8. The van der Waals surface area contributed by atoms with Crippen molar-refractivity contribution in [3.8, 4) is 0 Å². The number of piperidine rings is 1. The van der Waals surface area contributed by atoms with Crippen LogP contribution in [-0.2, 0) is 24.2 Å². The minimum absolute atomic E-state index is 0.103. The molecular formula is C25H32F2N4O2. The molecule has 178 valence electrons. The molecule has 2 aromatic rings. The van der Waals surface area contributed by atoms with Gasteiger partial charge >= 0.3 is 0 Å². The molecule has 33 heavy (non-hydrogen) atoms. The molecule has 0 aliphatic carbocycles. The van der Waals surface area contributed by atoms with E-state index in [2.05, 4.69) is 10.2 Å². The van der Waals surface area contributed by atoms with Crippen LogP contribution in [0.25, 0.3) is 0 Å². The van der Waals surface area contributed by atoms with E-state index in [4.69, 9.17) is 0 Å². The number of nitrogens with one attached hydrogen (secondary N) is 1. The van der Waals surface area contributed by atoms with Gasteiger partial charge in [-0.25, -0.2) is 8.78 Å². The molecule has 0 atom stereocenters. The quantitative estimate of drug-likeness (QED) is 0.730. The third-order valence-electron chi connectivity index (χ3n) is 6.88. The molecule has 4 rings (SSSR count). The third kappa shape index (κ3) is 4.66. The normalized spacial score (nSPS) is 16.9. The monoisotopic (exact) mass is 458 g/mol. The molecule has 0 saturated carbocycles. The number of nitrogens with zero attached hydrogens (tertiary/aromatic N) is 3. The fourth-order valence-corrected chi connectivity index (χ4v) is 5.08. The van der Waals surface area contributed by atoms with Crippen LogP contribution in [0.4, 0.5) is 8.78 Å². The van der Waals surface area contributed by atoms with Gasteiger partial charge in [-0.2, -0.15) is 5.10 Å². The lowest BCUT2D eigenvalue weighted by Crippen LogP contribution is -2.40. The van der Waals surface area contributed by atoms with Crippen molar-refractivity contribution in [3.05, 3.63) is 51.8 Å². The van der Waals surface area contributed by atoms with Gasteiger partial charge in [-0.15, -0.1) is 0 Å². The van der Waals surface area contributed by atoms with E-state index in [-0.39, 0.29) is 17.7 Å². The Bertz CT molecular complexity index is 1040. The molecule has 1 aromatic heterocycles. The Morgan fingerprint density at radius 3 is 2.55 bits per heavy atom. The highest BCUT2D eigenvalue weighted by atomic mass is 19.2. The lowest BCUT2D eigenvalue weighted by molar-refractivity contribution is -0.132. The molecule has 0 unspecified atom stereocenters. The van der Waals surface area contributed by atoms with Crippen LogP contribution in [0.5, 0.6) is 0 Å². The summed E-state index contributed by atoms with van der Waals surface area (Å²) in [7, 11) is 0. The Morgan fingerprint density at radius 1 is 1.15 bits per heavy atom. The number of aromatic nitrogens is 2. The average molecular weight is 459 g/mol. The molecule has 0 bridgehead atoms. The predicted octanol–water partition coefficient (Wildman–Crippen LogP) is 4.20. The van der Waals surface area contributed by atoms with E-state index in [0.717, 1.165) is 16.8 Å². The van der Waals surface area contributed by atoms with Crippen molar-refractivity contribution in [1.82, 2.24) is 20.0 Å². The molecule has 0 radical (unpaired) electrons. The van der Waals surface area contributed by atoms with Crippen LogP contribution in [-0.4, -0.2) is 51.4 Å². The van der Waals surface area contributed by atoms with Crippen LogP contribution in [0.2, 0.25) is 0 Å². The molecule has 0 spiro atoms. The Morgan fingerprint density at radius 2 is 1.88 bits per heavy atom. The Hall–Kier alpha value is -2.77. The van der Waals surface area contributed by atoms with Crippen molar-refractivity contribution in [1.29, 1.82) is 0 Å². The molecular weight excluding hydrogens is 426 g/mol. The van der Waals surface area contributed by atoms with Crippen LogP contribution in [0.3, 0.4) is 0 Å². The van der Waals surface area contributed by atoms with Crippen molar-refractivity contribution in [3.63, 3.8) is 0 Å². The van der Waals surface area contributed by atoms with Gasteiger partial charge in [0.1, 0.15) is 0 Å². The fraction of sp³-hybridized carbons (Fsp3) is 0.560. The van der Waals surface area contributed by atoms with Crippen LogP contribution in [0, 0.1) is 17.6 Å². The number of aromatic amines is 1. The molecule has 2 amide bonds. The van der Waals surface area contributed by atoms with Gasteiger partial charge in [0, 0.05) is 31.6 Å². The number of benzene rings is 1. The smallest absolute Gasteiger partial charge is 0.274 e. The summed E-state index contributed by atoms with van der Waals surface area (Å²) in [6.07, 6.45) is 2.97. The van der Waals surface area contributed by atoms with Crippen molar-refractivity contribution in [2.45, 2.75) is 65.3 Å². The predicted molar refractivity (Wildman–Crippen MR) is 121 cm³/mol. The average Bonchev–Trinajstić information content (AvgIpc) is 3.23. The van der Waals surface area contributed by atoms with E-state index in [1.807, 2.05) is 25.7 Å². The number of amides is 2. The maximum atomic E-state index is 14.2. The topological polar surface area (TPSA) is 69.3 Å². The van der Waals surface area contributed by atoms with Crippen LogP contribution < -0.4 is 0 Å². The largest absolute Gasteiger partial charge is 0.337 e. The summed E-state index contributed by atoms with van der Waals surface area (Å²) in [5, 5.41) is 7.29. The van der Waals surface area contributed by atoms with Gasteiger partial charge in [0.15, 0.2) is 17.3 Å². The second-order valence-corrected chi connectivity index (χ2v) is 9.54. The zero-order valence-corrected chi connectivity index (χ0v) is 19.6. The molecule has 3 heterocycles. The Kier molecular flexibility index (Phi) is 6.81. The third-order valence-corrected chi connectivity index (χ3v) is 6.88. The van der Waals surface area contributed by atoms with Crippen molar-refractivity contribution in [2.24, 2.45) is 5.92 Å². The molecule has 1 fully saturated rings. The number of carbonyl (C=O) groups excluding carboxylic acids is 2. The summed E-state index contributed by atoms with van der Waals surface area (Å²) >= 11 is 0. The van der Waals surface area contributed by atoms with Crippen LogP contribution in [0.1, 0.15) is 78.8 Å². The molecule has 2 aliphatic rings. The summed E-state index contributed by atoms with van der Waals surface area (Å²) in [5.41, 5.74) is 3.49. The number of rotatable bonds is 5. The highest BCUT2D eigenvalue weighted by molar-refractivity contribution is 5.94. The fourth-order valence-electron chi connectivity index (χ4n) is 5.08. The standard InChI is InChI=1S/C25H32F2N4O2/c1-4-17-18(5-6-20(26)23(17)27)16-7-10-30(11-8-16)25(33)24-19-9-12-31(14-21(19)28-29-24)22(32)13-15(2)3/h5-6,15-16H,4,7-14H2,1-3H3,(H,28,29). The maximum absolute atomic E-state index is 14.2. The minimum atomic E-state index is -0.809. The summed E-state index contributed by atoms with van der Waals surface area (Å²) in [5.74, 6) is -1.13. The second kappa shape index (κ2) is 9.61. The summed E-state index contributed by atoms with van der Waals surface area (Å²) in [6, 6.07) is 2.89. The highest BCUT2D eigenvalue weighted by Crippen LogP contribution is 2.33. The summed E-state index contributed by atoms with van der Waals surface area (Å²) in [4.78, 5) is 29.3. The molecule has 1 aromatic carbocycles. The highest BCUT2D eigenvalue weighted by Gasteiger charge is 2.32. The minimum Gasteiger partial charge on any atom is -0.337 e. The number of carbonyl (C=O) groups is 2. The number of hydrogen-bond donors (Lipinski definition) is 1. The van der Waals surface area contributed by atoms with Crippen molar-refractivity contribution in [2.75, 3.05) is 19.6 Å². The number of hydrogen-bond acceptors (Lipinski definition) is 3. The van der Waals surface area contributed by atoms with Crippen LogP contribution >= 0.6 is 0 Å². The number of fused-ring (bicyclic) bond motifs is 1. The van der Waals surface area contributed by atoms with E-state index in [9.17, 15) is 18.4 Å². The van der Waals surface area contributed by atoms with Gasteiger partial charge in [-0.05, 0) is 54.7 Å². The van der Waals surface area contributed by atoms with Gasteiger partial charge in [0.05, 0.1) is 12.2 Å². The summed E-state index contributed by atoms with van der Waals surface area (Å²) in [6.45, 7) is 8.03. The SMILES string of the molecule is CCc1c(C2CCN(C(=O)c3n[nH]c4c3CCN(C(=O)CC(C)C)C4)CC2)ccc(F)c1F. The molecule has 8 heteroatoms. The zero-order valence-electron chi connectivity index (χ0n) is 19.6. The Balaban J connectivity index is 1.41. The van der Waals surface area contributed by atoms with Crippen LogP contribution in [0.15, 0.2) is 12.1 Å². The van der Waals surface area contributed by atoms with E-state index < -0.39 is 11.6 Å². The number of H-pyrrole nitrogens is 1. The molecule has 2 aliphatic heterocycles. The van der Waals surface area contributed by atoms with E-state index in [0.29, 0.717) is 75.5 Å². The number of halogens is 2. The molecule has 1 saturated heterocycles. The first-order valence-corrected chi connectivity index (χ1v) is 11.9. The van der Waals surface area contributed by atoms with E-state index in [1.54, 1.807) is 11.0 Å². The van der Waals surface area contributed by atoms with E-state index >= 15 is 0 Å². The number of likely N-dealkylation sites (tertiary alicyclic amines) is 1. The van der Waals surface area contributed by atoms with Gasteiger partial charge in [0.2, 0.25) is 5.91 Å². The van der Waals surface area contributed by atoms with Crippen molar-refractivity contribution < 1.29 is 18.4 Å². The molecule has 6 nitrogen and oxygen atoms in total. The Labute approximate surface area is 193 Å².